The molecule has 0 aliphatic heterocycles. The second-order valence-corrected chi connectivity index (χ2v) is 14.8. The van der Waals surface area contributed by atoms with Crippen molar-refractivity contribution in [1.29, 1.82) is 0 Å². The Morgan fingerprint density at radius 3 is 1.79 bits per heavy atom. The van der Waals surface area contributed by atoms with Gasteiger partial charge in [-0.1, -0.05) is 23.8 Å². The first-order valence-corrected chi connectivity index (χ1v) is 12.8. The molecular weight excluding hydrogens is 410 g/mol. The summed E-state index contributed by atoms with van der Waals surface area (Å²) in [5.41, 5.74) is -2.73. The van der Waals surface area contributed by atoms with Crippen molar-refractivity contribution >= 4 is 40.2 Å². The Morgan fingerprint density at radius 1 is 1.00 bits per heavy atom. The van der Waals surface area contributed by atoms with Gasteiger partial charge in [0.15, 0.2) is 5.78 Å². The number of hydrogen-bond donors (Lipinski definition) is 5. The standard InChI is InChI=1S/C20H41N3O4S2/c1-13(24)15(17(2,3)19(6,7)23-14(25)12-21-9)22-16(26)18(4,5)20(8,28)29(10,11)27/h15,21,28-29H,12H2,1-11H3,(H,22,26)(H,23,25). The van der Waals surface area contributed by atoms with E-state index in [1.54, 1.807) is 40.3 Å². The molecule has 0 saturated heterocycles. The van der Waals surface area contributed by atoms with Crippen LogP contribution >= 0.6 is 12.6 Å². The Labute approximate surface area is 182 Å². The van der Waals surface area contributed by atoms with E-state index in [9.17, 15) is 18.6 Å². The minimum absolute atomic E-state index is 0.143. The Kier molecular flexibility index (Phi) is 8.77. The fraction of sp³-hybridized carbons (Fsp3) is 0.850. The largest absolute Gasteiger partial charge is 0.349 e. The van der Waals surface area contributed by atoms with Crippen LogP contribution in [-0.4, -0.2) is 63.6 Å². The topological polar surface area (TPSA) is 104 Å². The molecule has 7 nitrogen and oxygen atoms in total. The number of nitrogens with one attached hydrogen (secondary N) is 3. The number of amides is 2. The van der Waals surface area contributed by atoms with Gasteiger partial charge in [0, 0.05) is 11.0 Å². The number of rotatable bonds is 10. The Balaban J connectivity index is 5.95. The number of hydrogen-bond acceptors (Lipinski definition) is 6. The summed E-state index contributed by atoms with van der Waals surface area (Å²) in [7, 11) is -1.08. The van der Waals surface area contributed by atoms with Crippen molar-refractivity contribution in [3.8, 4) is 0 Å². The van der Waals surface area contributed by atoms with Crippen LogP contribution in [0.2, 0.25) is 0 Å². The average Bonchev–Trinajstić information content (AvgIpc) is 2.49. The monoisotopic (exact) mass is 451 g/mol. The summed E-state index contributed by atoms with van der Waals surface area (Å²) in [5.74, 6) is -0.850. The van der Waals surface area contributed by atoms with Crippen molar-refractivity contribution < 1.29 is 18.6 Å². The van der Waals surface area contributed by atoms with E-state index in [-0.39, 0.29) is 18.2 Å². The van der Waals surface area contributed by atoms with Crippen molar-refractivity contribution in [3.63, 3.8) is 0 Å². The van der Waals surface area contributed by atoms with Gasteiger partial charge in [-0.2, -0.15) is 12.6 Å². The molecule has 0 spiro atoms. The molecule has 9 heteroatoms. The fourth-order valence-corrected chi connectivity index (χ4v) is 4.61. The van der Waals surface area contributed by atoms with Gasteiger partial charge < -0.3 is 16.0 Å². The molecule has 2 amide bonds. The molecule has 0 heterocycles. The maximum atomic E-state index is 13.2. The predicted molar refractivity (Wildman–Crippen MR) is 125 cm³/mol. The molecule has 0 aliphatic carbocycles. The minimum atomic E-state index is -2.76. The summed E-state index contributed by atoms with van der Waals surface area (Å²) >= 11 is 4.59. The highest BCUT2D eigenvalue weighted by molar-refractivity contribution is 8.13. The van der Waals surface area contributed by atoms with Gasteiger partial charge in [0.25, 0.3) is 0 Å². The van der Waals surface area contributed by atoms with E-state index in [2.05, 4.69) is 28.6 Å². The van der Waals surface area contributed by atoms with Crippen LogP contribution in [0.4, 0.5) is 0 Å². The third-order valence-electron chi connectivity index (χ3n) is 6.60. The highest BCUT2D eigenvalue weighted by Crippen LogP contribution is 2.44. The smallest absolute Gasteiger partial charge is 0.234 e. The number of carbonyl (C=O) groups excluding carboxylic acids is 3. The SMILES string of the molecule is CNCC(=O)NC(C)(C)C(C)(C)C(NC(=O)C(C)(C)C(C)(S)[SH](C)(C)=O)C(C)=O. The molecule has 0 rings (SSSR count). The van der Waals surface area contributed by atoms with Gasteiger partial charge >= 0.3 is 0 Å². The third-order valence-corrected chi connectivity index (χ3v) is 11.3. The summed E-state index contributed by atoms with van der Waals surface area (Å²) in [5, 5.41) is 8.59. The van der Waals surface area contributed by atoms with Gasteiger partial charge in [0.05, 0.1) is 22.1 Å². The molecule has 0 saturated carbocycles. The molecule has 29 heavy (non-hydrogen) atoms. The number of thiol groups is 2. The average molecular weight is 452 g/mol. The number of carbonyl (C=O) groups is 3. The van der Waals surface area contributed by atoms with Crippen molar-refractivity contribution in [3.05, 3.63) is 0 Å². The minimum Gasteiger partial charge on any atom is -0.349 e. The number of Topliss-reactive ketones (excluding diaryl/α,β-unsaturated/α-hetero) is 1. The van der Waals surface area contributed by atoms with Gasteiger partial charge in [-0.15, -0.1) is 0 Å². The zero-order chi connectivity index (χ0) is 23.6. The summed E-state index contributed by atoms with van der Waals surface area (Å²) in [6.07, 6.45) is 3.20. The van der Waals surface area contributed by atoms with Crippen LogP contribution in [0.3, 0.4) is 0 Å². The van der Waals surface area contributed by atoms with Crippen LogP contribution in [0.25, 0.3) is 0 Å². The molecule has 0 aliphatic rings. The van der Waals surface area contributed by atoms with Crippen molar-refractivity contribution in [2.75, 3.05) is 26.1 Å². The van der Waals surface area contributed by atoms with E-state index < -0.39 is 42.3 Å². The van der Waals surface area contributed by atoms with Crippen LogP contribution < -0.4 is 16.0 Å². The van der Waals surface area contributed by atoms with E-state index in [1.165, 1.54) is 6.92 Å². The molecular formula is C20H41N3O4S2. The Hall–Kier alpha value is -0.930. The first kappa shape index (κ1) is 28.1. The van der Waals surface area contributed by atoms with Crippen LogP contribution in [-0.2, 0) is 24.3 Å². The van der Waals surface area contributed by atoms with Gasteiger partial charge in [0.2, 0.25) is 11.8 Å². The van der Waals surface area contributed by atoms with E-state index in [1.807, 2.05) is 27.7 Å². The second kappa shape index (κ2) is 9.06. The first-order chi connectivity index (χ1) is 12.7. The van der Waals surface area contributed by atoms with E-state index in [0.717, 1.165) is 0 Å². The Bertz CT molecular complexity index is 694. The molecule has 2 unspecified atom stereocenters. The molecule has 0 aromatic rings. The van der Waals surface area contributed by atoms with E-state index >= 15 is 0 Å². The summed E-state index contributed by atoms with van der Waals surface area (Å²) < 4.78 is 11.7. The molecule has 0 aromatic heterocycles. The lowest BCUT2D eigenvalue weighted by atomic mass is 9.67. The highest BCUT2D eigenvalue weighted by Gasteiger charge is 2.52. The summed E-state index contributed by atoms with van der Waals surface area (Å²) in [6.45, 7) is 13.9. The summed E-state index contributed by atoms with van der Waals surface area (Å²) in [6, 6.07) is -0.864. The molecule has 0 fully saturated rings. The van der Waals surface area contributed by atoms with Gasteiger partial charge in [-0.3, -0.25) is 18.6 Å². The zero-order valence-electron chi connectivity index (χ0n) is 19.8. The molecule has 172 valence electrons. The van der Waals surface area contributed by atoms with Crippen LogP contribution in [0.1, 0.15) is 55.4 Å². The zero-order valence-corrected chi connectivity index (χ0v) is 21.6. The normalized spacial score (nSPS) is 17.1. The van der Waals surface area contributed by atoms with Crippen LogP contribution in [0.5, 0.6) is 0 Å². The van der Waals surface area contributed by atoms with Gasteiger partial charge in [-0.05, 0) is 61.1 Å². The van der Waals surface area contributed by atoms with E-state index in [0.29, 0.717) is 0 Å². The quantitative estimate of drug-likeness (QED) is 0.321. The van der Waals surface area contributed by atoms with Crippen molar-refractivity contribution in [2.24, 2.45) is 10.8 Å². The van der Waals surface area contributed by atoms with Gasteiger partial charge in [0.1, 0.15) is 0 Å². The maximum Gasteiger partial charge on any atom is 0.234 e. The van der Waals surface area contributed by atoms with Gasteiger partial charge in [-0.25, -0.2) is 0 Å². The molecule has 0 aromatic carbocycles. The third kappa shape index (κ3) is 5.82. The first-order valence-electron chi connectivity index (χ1n) is 9.71. The lowest BCUT2D eigenvalue weighted by Gasteiger charge is -2.49. The van der Waals surface area contributed by atoms with Crippen molar-refractivity contribution in [2.45, 2.75) is 71.0 Å². The maximum absolute atomic E-state index is 13.2. The number of likely N-dealkylation sites (N-methyl/N-ethyl adjacent to an activating group) is 1. The molecule has 0 bridgehead atoms. The molecule has 0 radical (unpaired) electrons. The molecule has 3 N–H and O–H groups in total. The molecule has 2 atom stereocenters. The second-order valence-electron chi connectivity index (χ2n) is 9.94. The van der Waals surface area contributed by atoms with Crippen LogP contribution in [0.15, 0.2) is 0 Å². The fourth-order valence-electron chi connectivity index (χ4n) is 3.07. The highest BCUT2D eigenvalue weighted by atomic mass is 32.3. The van der Waals surface area contributed by atoms with Crippen LogP contribution in [0, 0.1) is 10.8 Å². The van der Waals surface area contributed by atoms with E-state index in [4.69, 9.17) is 0 Å². The predicted octanol–water partition coefficient (Wildman–Crippen LogP) is 1.15. The summed E-state index contributed by atoms with van der Waals surface area (Å²) in [4.78, 5) is 37.9. The van der Waals surface area contributed by atoms with Crippen molar-refractivity contribution in [1.82, 2.24) is 16.0 Å². The lowest BCUT2D eigenvalue weighted by Crippen LogP contribution is -2.66. The number of ketones is 1. The lowest BCUT2D eigenvalue weighted by molar-refractivity contribution is -0.137. The Morgan fingerprint density at radius 2 is 1.45 bits per heavy atom.